The number of hydrogen-bond acceptors (Lipinski definition) is 4. The van der Waals surface area contributed by atoms with Crippen molar-refractivity contribution in [3.63, 3.8) is 0 Å². The molecule has 0 N–H and O–H groups in total. The van der Waals surface area contributed by atoms with Crippen LogP contribution in [0.15, 0.2) is 42.7 Å². The fourth-order valence-electron chi connectivity index (χ4n) is 3.21. The van der Waals surface area contributed by atoms with E-state index in [4.69, 9.17) is 16.3 Å². The van der Waals surface area contributed by atoms with E-state index >= 15 is 0 Å². The maximum Gasteiger partial charge on any atom is 0.258 e. The number of ether oxygens (including phenoxy) is 1. The highest BCUT2D eigenvalue weighted by molar-refractivity contribution is 6.32. The average Bonchev–Trinajstić information content (AvgIpc) is 3.08. The molecule has 27 heavy (non-hydrogen) atoms. The third-order valence-corrected chi connectivity index (χ3v) is 4.86. The zero-order chi connectivity index (χ0) is 19.1. The van der Waals surface area contributed by atoms with Gasteiger partial charge in [0.1, 0.15) is 18.3 Å². The molecule has 0 saturated carbocycles. The Labute approximate surface area is 162 Å². The predicted octanol–water partition coefficient (Wildman–Crippen LogP) is 3.97. The predicted molar refractivity (Wildman–Crippen MR) is 104 cm³/mol. The summed E-state index contributed by atoms with van der Waals surface area (Å²) in [4.78, 5) is 19.3. The molecule has 2 heterocycles. The molecule has 3 aromatic rings. The molecule has 4 rings (SSSR count). The fourth-order valence-corrected chi connectivity index (χ4v) is 3.43. The summed E-state index contributed by atoms with van der Waals surface area (Å²) in [5.41, 5.74) is 2.98. The second-order valence-corrected chi connectivity index (χ2v) is 7.08. The van der Waals surface area contributed by atoms with E-state index in [1.54, 1.807) is 22.0 Å². The quantitative estimate of drug-likeness (QED) is 0.673. The number of hydrogen-bond donors (Lipinski definition) is 0. The van der Waals surface area contributed by atoms with Crippen molar-refractivity contribution < 1.29 is 9.53 Å². The zero-order valence-electron chi connectivity index (χ0n) is 15.3. The van der Waals surface area contributed by atoms with Gasteiger partial charge in [0.25, 0.3) is 5.91 Å². The van der Waals surface area contributed by atoms with Crippen molar-refractivity contribution in [3.8, 4) is 11.4 Å². The van der Waals surface area contributed by atoms with Gasteiger partial charge in [-0.2, -0.15) is 5.10 Å². The van der Waals surface area contributed by atoms with Crippen LogP contribution < -0.4 is 9.64 Å². The minimum Gasteiger partial charge on any atom is -0.485 e. The number of carbonyl (C=O) groups excluding carboxylic acids is 1. The molecule has 0 aliphatic carbocycles. The van der Waals surface area contributed by atoms with Gasteiger partial charge in [-0.3, -0.25) is 4.79 Å². The third kappa shape index (κ3) is 3.17. The first-order chi connectivity index (χ1) is 12.9. The number of aryl methyl sites for hydroxylation is 2. The van der Waals surface area contributed by atoms with Crippen molar-refractivity contribution in [2.45, 2.75) is 26.9 Å². The standard InChI is InChI=1S/C20H19ClN4O2/c1-12-7-8-15(25-11-22-14(3)23-25)9-16(12)20(26)24-10-13(2)27-19-17(21)5-4-6-18(19)24/h4-9,11,13H,10H2,1-3H3/t13-/m0/s1. The summed E-state index contributed by atoms with van der Waals surface area (Å²) in [5, 5.41) is 4.83. The van der Waals surface area contributed by atoms with Crippen LogP contribution in [0, 0.1) is 13.8 Å². The van der Waals surface area contributed by atoms with E-state index in [2.05, 4.69) is 10.1 Å². The Balaban J connectivity index is 1.76. The van der Waals surface area contributed by atoms with E-state index in [-0.39, 0.29) is 12.0 Å². The van der Waals surface area contributed by atoms with E-state index in [9.17, 15) is 4.79 Å². The summed E-state index contributed by atoms with van der Waals surface area (Å²) >= 11 is 6.28. The number of aromatic nitrogens is 3. The van der Waals surface area contributed by atoms with Crippen molar-refractivity contribution >= 4 is 23.2 Å². The smallest absolute Gasteiger partial charge is 0.258 e. The Morgan fingerprint density at radius 2 is 2.07 bits per heavy atom. The number of fused-ring (bicyclic) bond motifs is 1. The normalized spacial score (nSPS) is 16.0. The molecule has 1 amide bonds. The summed E-state index contributed by atoms with van der Waals surface area (Å²) in [6, 6.07) is 11.1. The monoisotopic (exact) mass is 382 g/mol. The number of rotatable bonds is 2. The Hall–Kier alpha value is -2.86. The minimum absolute atomic E-state index is 0.0927. The summed E-state index contributed by atoms with van der Waals surface area (Å²) in [6.07, 6.45) is 1.49. The largest absolute Gasteiger partial charge is 0.485 e. The highest BCUT2D eigenvalue weighted by atomic mass is 35.5. The second kappa shape index (κ2) is 6.70. The molecule has 1 atom stereocenters. The molecule has 0 spiro atoms. The van der Waals surface area contributed by atoms with Gasteiger partial charge >= 0.3 is 0 Å². The lowest BCUT2D eigenvalue weighted by molar-refractivity contribution is 0.0960. The maximum absolute atomic E-state index is 13.4. The van der Waals surface area contributed by atoms with E-state index in [0.29, 0.717) is 34.4 Å². The Kier molecular flexibility index (Phi) is 4.36. The van der Waals surface area contributed by atoms with Crippen LogP contribution in [0.4, 0.5) is 5.69 Å². The van der Waals surface area contributed by atoms with E-state index < -0.39 is 0 Å². The lowest BCUT2D eigenvalue weighted by Crippen LogP contribution is -2.42. The van der Waals surface area contributed by atoms with Crippen molar-refractivity contribution in [2.75, 3.05) is 11.4 Å². The molecule has 0 fully saturated rings. The van der Waals surface area contributed by atoms with Crippen LogP contribution in [0.25, 0.3) is 5.69 Å². The van der Waals surface area contributed by atoms with Crippen LogP contribution in [0.2, 0.25) is 5.02 Å². The first-order valence-electron chi connectivity index (χ1n) is 8.70. The molecular formula is C20H19ClN4O2. The molecule has 0 bridgehead atoms. The Morgan fingerprint density at radius 3 is 2.81 bits per heavy atom. The minimum atomic E-state index is -0.150. The molecule has 2 aromatic carbocycles. The number of para-hydroxylation sites is 1. The molecule has 0 unspecified atom stereocenters. The summed E-state index contributed by atoms with van der Waals surface area (Å²) in [7, 11) is 0. The lowest BCUT2D eigenvalue weighted by atomic mass is 10.0. The van der Waals surface area contributed by atoms with Crippen LogP contribution in [0.5, 0.6) is 5.75 Å². The van der Waals surface area contributed by atoms with Crippen LogP contribution in [-0.2, 0) is 0 Å². The molecule has 1 aliphatic heterocycles. The maximum atomic E-state index is 13.4. The third-order valence-electron chi connectivity index (χ3n) is 4.56. The molecular weight excluding hydrogens is 364 g/mol. The molecule has 0 radical (unpaired) electrons. The van der Waals surface area contributed by atoms with Crippen molar-refractivity contribution in [1.82, 2.24) is 14.8 Å². The van der Waals surface area contributed by atoms with Crippen LogP contribution in [0.1, 0.15) is 28.7 Å². The number of halogens is 1. The fraction of sp³-hybridized carbons (Fsp3) is 0.250. The van der Waals surface area contributed by atoms with Crippen molar-refractivity contribution in [1.29, 1.82) is 0 Å². The van der Waals surface area contributed by atoms with Gasteiger partial charge in [0.15, 0.2) is 5.75 Å². The van der Waals surface area contributed by atoms with Crippen molar-refractivity contribution in [2.24, 2.45) is 0 Å². The first-order valence-corrected chi connectivity index (χ1v) is 9.08. The van der Waals surface area contributed by atoms with Gasteiger partial charge in [0.2, 0.25) is 0 Å². The molecule has 138 valence electrons. The van der Waals surface area contributed by atoms with E-state index in [1.807, 2.05) is 51.1 Å². The topological polar surface area (TPSA) is 60.2 Å². The summed E-state index contributed by atoms with van der Waals surface area (Å²) in [5.74, 6) is 1.13. The Morgan fingerprint density at radius 1 is 1.26 bits per heavy atom. The molecule has 1 aromatic heterocycles. The summed E-state index contributed by atoms with van der Waals surface area (Å²) < 4.78 is 7.52. The number of benzene rings is 2. The van der Waals surface area contributed by atoms with E-state index in [0.717, 1.165) is 11.3 Å². The van der Waals surface area contributed by atoms with Gasteiger partial charge in [-0.1, -0.05) is 23.7 Å². The molecule has 1 aliphatic rings. The number of anilines is 1. The first kappa shape index (κ1) is 17.5. The SMILES string of the molecule is Cc1ncn(-c2ccc(C)c(C(=O)N3C[C@H](C)Oc4c(Cl)cccc43)c2)n1. The van der Waals surface area contributed by atoms with Crippen LogP contribution >= 0.6 is 11.6 Å². The van der Waals surface area contributed by atoms with Crippen LogP contribution in [-0.4, -0.2) is 33.3 Å². The van der Waals surface area contributed by atoms with Gasteiger partial charge in [-0.15, -0.1) is 0 Å². The average molecular weight is 383 g/mol. The van der Waals surface area contributed by atoms with Crippen LogP contribution in [0.3, 0.4) is 0 Å². The number of carbonyl (C=O) groups is 1. The molecule has 6 nitrogen and oxygen atoms in total. The van der Waals surface area contributed by atoms with Gasteiger partial charge in [0, 0.05) is 5.56 Å². The van der Waals surface area contributed by atoms with Gasteiger partial charge < -0.3 is 9.64 Å². The zero-order valence-corrected chi connectivity index (χ0v) is 16.1. The van der Waals surface area contributed by atoms with Crippen molar-refractivity contribution in [3.05, 3.63) is 64.7 Å². The van der Waals surface area contributed by atoms with E-state index in [1.165, 1.54) is 0 Å². The Bertz CT molecular complexity index is 1030. The lowest BCUT2D eigenvalue weighted by Gasteiger charge is -2.34. The van der Waals surface area contributed by atoms with Gasteiger partial charge in [0.05, 0.1) is 22.9 Å². The number of amides is 1. The molecule has 7 heteroatoms. The highest BCUT2D eigenvalue weighted by Crippen LogP contribution is 2.40. The van der Waals surface area contributed by atoms with Gasteiger partial charge in [-0.25, -0.2) is 9.67 Å². The number of nitrogens with zero attached hydrogens (tertiary/aromatic N) is 4. The summed E-state index contributed by atoms with van der Waals surface area (Å²) in [6.45, 7) is 6.13. The highest BCUT2D eigenvalue weighted by Gasteiger charge is 2.30. The second-order valence-electron chi connectivity index (χ2n) is 6.67. The van der Waals surface area contributed by atoms with Gasteiger partial charge in [-0.05, 0) is 50.6 Å². The molecule has 0 saturated heterocycles.